The number of ether oxygens (including phenoxy) is 2. The Morgan fingerprint density at radius 1 is 1.11 bits per heavy atom. The maximum absolute atomic E-state index is 13.8. The normalized spacial score (nSPS) is 11.1. The van der Waals surface area contributed by atoms with Crippen LogP contribution in [0.25, 0.3) is 16.0 Å². The van der Waals surface area contributed by atoms with E-state index < -0.39 is 0 Å². The molecule has 0 atom stereocenters. The number of hydrogen-bond donors (Lipinski definition) is 0. The SMILES string of the molecule is COc1ccc(C(C)=O)cc1CSc1nc2c(sc(=S)n2-c2ccccc2OC)c(=O)n1Cc1ccco1. The Bertz CT molecular complexity index is 1750. The third kappa shape index (κ3) is 4.92. The van der Waals surface area contributed by atoms with Crippen molar-refractivity contribution in [1.29, 1.82) is 0 Å². The number of para-hydroxylation sites is 2. The van der Waals surface area contributed by atoms with Crippen LogP contribution in [0.15, 0.2) is 75.2 Å². The van der Waals surface area contributed by atoms with Crippen LogP contribution in [-0.2, 0) is 12.3 Å². The molecule has 0 aliphatic rings. The van der Waals surface area contributed by atoms with E-state index in [1.54, 1.807) is 47.8 Å². The molecule has 5 rings (SSSR count). The van der Waals surface area contributed by atoms with Gasteiger partial charge in [-0.2, -0.15) is 0 Å². The van der Waals surface area contributed by atoms with Crippen LogP contribution in [0.2, 0.25) is 0 Å². The summed E-state index contributed by atoms with van der Waals surface area (Å²) < 4.78 is 20.9. The molecule has 0 spiro atoms. The summed E-state index contributed by atoms with van der Waals surface area (Å²) in [6.45, 7) is 1.73. The minimum absolute atomic E-state index is 0.0396. The largest absolute Gasteiger partial charge is 0.496 e. The second-order valence-electron chi connectivity index (χ2n) is 8.26. The molecule has 8 nitrogen and oxygen atoms in total. The van der Waals surface area contributed by atoms with E-state index in [4.69, 9.17) is 31.1 Å². The van der Waals surface area contributed by atoms with E-state index in [2.05, 4.69) is 0 Å². The number of benzene rings is 2. The van der Waals surface area contributed by atoms with Crippen molar-refractivity contribution in [1.82, 2.24) is 14.1 Å². The first-order valence-corrected chi connectivity index (χ1v) is 13.7. The first kappa shape index (κ1) is 26.0. The van der Waals surface area contributed by atoms with Crippen molar-refractivity contribution in [3.05, 3.63) is 92.1 Å². The van der Waals surface area contributed by atoms with Gasteiger partial charge in [0.2, 0.25) is 0 Å². The lowest BCUT2D eigenvalue weighted by atomic mass is 10.1. The molecule has 11 heteroatoms. The van der Waals surface area contributed by atoms with E-state index in [9.17, 15) is 9.59 Å². The van der Waals surface area contributed by atoms with Crippen molar-refractivity contribution in [2.45, 2.75) is 24.4 Å². The number of Topliss-reactive ketones (excluding diaryl/α,β-unsaturated/α-hetero) is 1. The molecule has 0 aliphatic heterocycles. The predicted molar refractivity (Wildman–Crippen MR) is 151 cm³/mol. The third-order valence-corrected chi connectivity index (χ3v) is 8.30. The van der Waals surface area contributed by atoms with Gasteiger partial charge in [0.15, 0.2) is 20.5 Å². The zero-order chi connectivity index (χ0) is 26.8. The van der Waals surface area contributed by atoms with E-state index in [-0.39, 0.29) is 17.9 Å². The number of fused-ring (bicyclic) bond motifs is 1. The average molecular weight is 566 g/mol. The number of ketones is 1. The highest BCUT2D eigenvalue weighted by molar-refractivity contribution is 7.98. The van der Waals surface area contributed by atoms with Crippen LogP contribution in [0.1, 0.15) is 28.6 Å². The maximum Gasteiger partial charge on any atom is 0.274 e. The molecule has 0 fully saturated rings. The molecule has 194 valence electrons. The molecule has 0 radical (unpaired) electrons. The van der Waals surface area contributed by atoms with Gasteiger partial charge < -0.3 is 13.9 Å². The minimum Gasteiger partial charge on any atom is -0.496 e. The molecule has 0 saturated heterocycles. The van der Waals surface area contributed by atoms with Crippen molar-refractivity contribution in [3.63, 3.8) is 0 Å². The second-order valence-corrected chi connectivity index (χ2v) is 10.9. The summed E-state index contributed by atoms with van der Waals surface area (Å²) in [6, 6.07) is 16.4. The number of furan rings is 1. The van der Waals surface area contributed by atoms with Crippen LogP contribution in [-0.4, -0.2) is 34.1 Å². The van der Waals surface area contributed by atoms with Gasteiger partial charge in [0, 0.05) is 16.9 Å². The van der Waals surface area contributed by atoms with Gasteiger partial charge in [0.05, 0.1) is 32.7 Å². The topological polar surface area (TPSA) is 88.5 Å². The highest BCUT2D eigenvalue weighted by atomic mass is 32.2. The molecular weight excluding hydrogens is 543 g/mol. The summed E-state index contributed by atoms with van der Waals surface area (Å²) in [7, 11) is 3.17. The summed E-state index contributed by atoms with van der Waals surface area (Å²) in [5.41, 5.74) is 2.34. The summed E-state index contributed by atoms with van der Waals surface area (Å²) in [4.78, 5) is 30.8. The van der Waals surface area contributed by atoms with Crippen LogP contribution >= 0.6 is 35.3 Å². The van der Waals surface area contributed by atoms with E-state index in [1.165, 1.54) is 30.0 Å². The van der Waals surface area contributed by atoms with Crippen molar-refractivity contribution in [2.24, 2.45) is 0 Å². The van der Waals surface area contributed by atoms with Gasteiger partial charge in [-0.15, -0.1) is 0 Å². The first-order valence-electron chi connectivity index (χ1n) is 11.5. The maximum atomic E-state index is 13.8. The van der Waals surface area contributed by atoms with Crippen molar-refractivity contribution in [3.8, 4) is 17.2 Å². The van der Waals surface area contributed by atoms with Crippen molar-refractivity contribution in [2.75, 3.05) is 14.2 Å². The molecule has 38 heavy (non-hydrogen) atoms. The Hall–Kier alpha value is -3.67. The molecule has 0 N–H and O–H groups in total. The summed E-state index contributed by atoms with van der Waals surface area (Å²) in [5, 5.41) is 0.477. The lowest BCUT2D eigenvalue weighted by molar-refractivity contribution is 0.101. The molecule has 0 saturated carbocycles. The number of rotatable bonds is 9. The molecule has 0 aliphatic carbocycles. The minimum atomic E-state index is -0.219. The van der Waals surface area contributed by atoms with Crippen molar-refractivity contribution >= 4 is 51.4 Å². The Balaban J connectivity index is 1.67. The lowest BCUT2D eigenvalue weighted by Crippen LogP contribution is -2.23. The quantitative estimate of drug-likeness (QED) is 0.0913. The number of aromatic nitrogens is 3. The van der Waals surface area contributed by atoms with Gasteiger partial charge in [-0.25, -0.2) is 4.98 Å². The van der Waals surface area contributed by atoms with Crippen LogP contribution < -0.4 is 15.0 Å². The van der Waals surface area contributed by atoms with Crippen LogP contribution in [0, 0.1) is 3.95 Å². The summed E-state index contributed by atoms with van der Waals surface area (Å²) in [5.74, 6) is 2.27. The number of methoxy groups -OCH3 is 2. The van der Waals surface area contributed by atoms with E-state index in [0.717, 1.165) is 5.56 Å². The number of carbonyl (C=O) groups is 1. The molecule has 2 aromatic carbocycles. The molecule has 0 amide bonds. The van der Waals surface area contributed by atoms with Gasteiger partial charge in [-0.1, -0.05) is 35.2 Å². The van der Waals surface area contributed by atoms with Gasteiger partial charge in [-0.05, 0) is 61.6 Å². The molecule has 0 bridgehead atoms. The van der Waals surface area contributed by atoms with Crippen LogP contribution in [0.4, 0.5) is 0 Å². The number of carbonyl (C=O) groups excluding carboxylic acids is 1. The van der Waals surface area contributed by atoms with Gasteiger partial charge in [0.25, 0.3) is 5.56 Å². The molecule has 5 aromatic rings. The number of nitrogens with zero attached hydrogens (tertiary/aromatic N) is 3. The van der Waals surface area contributed by atoms with E-state index in [0.29, 0.717) is 53.7 Å². The van der Waals surface area contributed by atoms with Gasteiger partial charge in [-0.3, -0.25) is 18.7 Å². The standard InChI is InChI=1S/C27H23N3O5S3/c1-16(31)17-10-11-21(33-2)18(13-17)15-37-26-28-24-23(25(32)29(26)14-19-7-6-12-35-19)38-27(36)30(24)20-8-4-5-9-22(20)34-3/h4-13H,14-15H2,1-3H3. The van der Waals surface area contributed by atoms with Crippen molar-refractivity contribution < 1.29 is 18.7 Å². The average Bonchev–Trinajstić information content (AvgIpc) is 3.56. The zero-order valence-electron chi connectivity index (χ0n) is 20.8. The monoisotopic (exact) mass is 565 g/mol. The first-order chi connectivity index (χ1) is 18.4. The molecule has 0 unspecified atom stereocenters. The Morgan fingerprint density at radius 3 is 2.61 bits per heavy atom. The zero-order valence-corrected chi connectivity index (χ0v) is 23.2. The fourth-order valence-corrected chi connectivity index (χ4v) is 6.33. The molecule has 3 aromatic heterocycles. The van der Waals surface area contributed by atoms with Gasteiger partial charge in [0.1, 0.15) is 22.0 Å². The second kappa shape index (κ2) is 11.0. The number of thiazole rings is 1. The predicted octanol–water partition coefficient (Wildman–Crippen LogP) is 6.13. The van der Waals surface area contributed by atoms with E-state index >= 15 is 0 Å². The summed E-state index contributed by atoms with van der Waals surface area (Å²) in [6.07, 6.45) is 1.57. The molecular formula is C27H23N3O5S3. The Morgan fingerprint density at radius 2 is 1.89 bits per heavy atom. The highest BCUT2D eigenvalue weighted by Crippen LogP contribution is 2.32. The smallest absolute Gasteiger partial charge is 0.274 e. The van der Waals surface area contributed by atoms with E-state index in [1.807, 2.05) is 36.4 Å². The Kier molecular flexibility index (Phi) is 7.50. The number of thioether (sulfide) groups is 1. The fourth-order valence-electron chi connectivity index (χ4n) is 4.05. The Labute approximate surface area is 231 Å². The fraction of sp³-hybridized carbons (Fsp3) is 0.185. The summed E-state index contributed by atoms with van der Waals surface area (Å²) >= 11 is 8.26. The lowest BCUT2D eigenvalue weighted by Gasteiger charge is -2.14. The molecule has 3 heterocycles. The number of hydrogen-bond acceptors (Lipinski definition) is 9. The third-order valence-electron chi connectivity index (χ3n) is 5.92. The highest BCUT2D eigenvalue weighted by Gasteiger charge is 2.21. The van der Waals surface area contributed by atoms with Gasteiger partial charge >= 0.3 is 0 Å². The van der Waals surface area contributed by atoms with Crippen LogP contribution in [0.3, 0.4) is 0 Å². The van der Waals surface area contributed by atoms with Crippen LogP contribution in [0.5, 0.6) is 11.5 Å².